The van der Waals surface area contributed by atoms with Crippen molar-refractivity contribution < 1.29 is 9.15 Å². The maximum absolute atomic E-state index is 13.9. The summed E-state index contributed by atoms with van der Waals surface area (Å²) in [5, 5.41) is 3.48. The van der Waals surface area contributed by atoms with E-state index in [1.54, 1.807) is 10.8 Å². The Morgan fingerprint density at radius 1 is 1.08 bits per heavy atom. The lowest BCUT2D eigenvalue weighted by molar-refractivity contribution is 0.292. The molecule has 1 saturated carbocycles. The van der Waals surface area contributed by atoms with E-state index in [0.29, 0.717) is 40.7 Å². The third-order valence-electron chi connectivity index (χ3n) is 7.76. The Morgan fingerprint density at radius 2 is 1.95 bits per heavy atom. The highest BCUT2D eigenvalue weighted by atomic mass is 16.5. The average Bonchev–Trinajstić information content (AvgIpc) is 3.27. The molecule has 0 bridgehead atoms. The molecule has 1 aliphatic carbocycles. The molecule has 4 aromatic rings. The van der Waals surface area contributed by atoms with Crippen molar-refractivity contribution in [1.82, 2.24) is 29.0 Å². The Balaban J connectivity index is 1.36. The van der Waals surface area contributed by atoms with Crippen LogP contribution in [0.1, 0.15) is 31.2 Å². The number of hydrogen-bond acceptors (Lipinski definition) is 8. The molecular weight excluding hydrogens is 474 g/mol. The van der Waals surface area contributed by atoms with Crippen molar-refractivity contribution in [1.29, 1.82) is 0 Å². The van der Waals surface area contributed by atoms with Gasteiger partial charge in [0.2, 0.25) is 11.8 Å². The number of fused-ring (bicyclic) bond motifs is 2. The predicted molar refractivity (Wildman–Crippen MR) is 136 cm³/mol. The molecule has 192 valence electrons. The van der Waals surface area contributed by atoms with Gasteiger partial charge in [-0.2, -0.15) is 4.98 Å². The molecule has 3 aliphatic rings. The number of anilines is 1. The first-order chi connectivity index (χ1) is 18.2. The first-order valence-electron chi connectivity index (χ1n) is 13.0. The maximum atomic E-state index is 13.9. The van der Waals surface area contributed by atoms with E-state index >= 15 is 0 Å². The number of nitrogens with zero attached hydrogens (tertiary/aromatic N) is 6. The summed E-state index contributed by atoms with van der Waals surface area (Å²) in [5.74, 6) is 2.44. The summed E-state index contributed by atoms with van der Waals surface area (Å²) >= 11 is 0. The molecule has 2 saturated heterocycles. The van der Waals surface area contributed by atoms with Gasteiger partial charge in [-0.1, -0.05) is 18.2 Å². The SMILES string of the molecule is O=c1c2c(nc(N3CCC4CNCC43)n2Cc2ncco2)n(C2CC2)c(=O)n1CCOc1ccccc1. The van der Waals surface area contributed by atoms with E-state index in [0.717, 1.165) is 38.9 Å². The number of rotatable bonds is 8. The molecule has 11 nitrogen and oxygen atoms in total. The van der Waals surface area contributed by atoms with Gasteiger partial charge in [0.25, 0.3) is 5.56 Å². The highest BCUT2D eigenvalue weighted by Crippen LogP contribution is 2.37. The Bertz CT molecular complexity index is 1540. The van der Waals surface area contributed by atoms with Crippen molar-refractivity contribution in [2.45, 2.75) is 44.4 Å². The van der Waals surface area contributed by atoms with Crippen LogP contribution in [0.5, 0.6) is 5.75 Å². The first kappa shape index (κ1) is 22.3. The molecule has 1 aromatic carbocycles. The standard InChI is InChI=1S/C26H29N7O4/c34-24-22-23(33(18-6-7-18)26(35)31(24)11-13-36-19-4-2-1-3-5-19)29-25(32(22)16-21-28-9-12-37-21)30-10-8-17-14-27-15-20(17)30/h1-5,9,12,17-18,20,27H,6-8,10-11,13-16H2. The number of ether oxygens (including phenoxy) is 1. The molecule has 2 atom stereocenters. The molecule has 0 spiro atoms. The number of oxazole rings is 1. The van der Waals surface area contributed by atoms with E-state index in [1.165, 1.54) is 10.8 Å². The smallest absolute Gasteiger partial charge is 0.333 e. The lowest BCUT2D eigenvalue weighted by Gasteiger charge is -2.25. The highest BCUT2D eigenvalue weighted by Gasteiger charge is 2.41. The topological polar surface area (TPSA) is 112 Å². The van der Waals surface area contributed by atoms with Crippen molar-refractivity contribution in [2.75, 3.05) is 31.1 Å². The van der Waals surface area contributed by atoms with Gasteiger partial charge in [-0.25, -0.2) is 9.78 Å². The molecule has 11 heteroatoms. The molecule has 3 fully saturated rings. The lowest BCUT2D eigenvalue weighted by Crippen LogP contribution is -2.41. The van der Waals surface area contributed by atoms with Gasteiger partial charge >= 0.3 is 5.69 Å². The quantitative estimate of drug-likeness (QED) is 0.386. The fourth-order valence-corrected chi connectivity index (χ4v) is 5.81. The van der Waals surface area contributed by atoms with Crippen LogP contribution in [0.15, 0.2) is 56.8 Å². The van der Waals surface area contributed by atoms with Crippen molar-refractivity contribution in [3.8, 4) is 5.75 Å². The van der Waals surface area contributed by atoms with E-state index in [4.69, 9.17) is 14.1 Å². The molecule has 3 aromatic heterocycles. The van der Waals surface area contributed by atoms with E-state index in [-0.39, 0.29) is 37.0 Å². The van der Waals surface area contributed by atoms with Crippen LogP contribution in [0.4, 0.5) is 5.95 Å². The highest BCUT2D eigenvalue weighted by molar-refractivity contribution is 5.75. The van der Waals surface area contributed by atoms with Crippen LogP contribution in [0, 0.1) is 5.92 Å². The second kappa shape index (κ2) is 8.91. The van der Waals surface area contributed by atoms with Crippen LogP contribution in [-0.2, 0) is 13.1 Å². The van der Waals surface area contributed by atoms with E-state index in [1.807, 2.05) is 34.9 Å². The zero-order chi connectivity index (χ0) is 24.9. The van der Waals surface area contributed by atoms with Crippen LogP contribution in [0.25, 0.3) is 11.2 Å². The Hall–Kier alpha value is -3.86. The minimum Gasteiger partial charge on any atom is -0.492 e. The van der Waals surface area contributed by atoms with Gasteiger partial charge in [0.15, 0.2) is 11.2 Å². The molecule has 0 radical (unpaired) electrons. The summed E-state index contributed by atoms with van der Waals surface area (Å²) < 4.78 is 16.3. The minimum atomic E-state index is -0.362. The second-order valence-corrected chi connectivity index (χ2v) is 10.1. The average molecular weight is 504 g/mol. The number of imidazole rings is 1. The molecule has 2 unspecified atom stereocenters. The fourth-order valence-electron chi connectivity index (χ4n) is 5.81. The number of benzene rings is 1. The van der Waals surface area contributed by atoms with Crippen molar-refractivity contribution >= 4 is 17.1 Å². The van der Waals surface area contributed by atoms with Crippen LogP contribution in [0.2, 0.25) is 0 Å². The normalized spacial score (nSPS) is 21.1. The molecule has 7 rings (SSSR count). The number of para-hydroxylation sites is 1. The molecule has 1 N–H and O–H groups in total. The van der Waals surface area contributed by atoms with Gasteiger partial charge in [-0.05, 0) is 37.3 Å². The summed E-state index contributed by atoms with van der Waals surface area (Å²) in [6.45, 7) is 3.34. The molecule has 0 amide bonds. The maximum Gasteiger partial charge on any atom is 0.333 e. The van der Waals surface area contributed by atoms with Crippen LogP contribution >= 0.6 is 0 Å². The first-order valence-corrected chi connectivity index (χ1v) is 13.0. The van der Waals surface area contributed by atoms with Crippen molar-refractivity contribution in [2.24, 2.45) is 5.92 Å². The molecule has 5 heterocycles. The van der Waals surface area contributed by atoms with Crippen molar-refractivity contribution in [3.63, 3.8) is 0 Å². The summed E-state index contributed by atoms with van der Waals surface area (Å²) in [5.41, 5.74) is 0.174. The van der Waals surface area contributed by atoms with Gasteiger partial charge in [-0.15, -0.1) is 0 Å². The summed E-state index contributed by atoms with van der Waals surface area (Å²) in [7, 11) is 0. The summed E-state index contributed by atoms with van der Waals surface area (Å²) in [6.07, 6.45) is 5.98. The Kier molecular flexibility index (Phi) is 5.38. The van der Waals surface area contributed by atoms with Gasteiger partial charge in [0.1, 0.15) is 25.2 Å². The van der Waals surface area contributed by atoms with Crippen LogP contribution in [0.3, 0.4) is 0 Å². The molecule has 2 aliphatic heterocycles. The Morgan fingerprint density at radius 3 is 2.73 bits per heavy atom. The van der Waals surface area contributed by atoms with Crippen LogP contribution < -0.4 is 26.2 Å². The van der Waals surface area contributed by atoms with E-state index < -0.39 is 0 Å². The number of nitrogens with one attached hydrogen (secondary N) is 1. The number of aromatic nitrogens is 5. The second-order valence-electron chi connectivity index (χ2n) is 10.1. The van der Waals surface area contributed by atoms with Gasteiger partial charge < -0.3 is 19.4 Å². The summed E-state index contributed by atoms with van der Waals surface area (Å²) in [6, 6.07) is 9.76. The van der Waals surface area contributed by atoms with Gasteiger partial charge in [-0.3, -0.25) is 18.5 Å². The molecular formula is C26H29N7O4. The predicted octanol–water partition coefficient (Wildman–Crippen LogP) is 1.61. The monoisotopic (exact) mass is 503 g/mol. The van der Waals surface area contributed by atoms with Gasteiger partial charge in [0.05, 0.1) is 12.7 Å². The van der Waals surface area contributed by atoms with Crippen LogP contribution in [-0.4, -0.2) is 56.0 Å². The van der Waals surface area contributed by atoms with Crippen molar-refractivity contribution in [3.05, 3.63) is 69.5 Å². The van der Waals surface area contributed by atoms with E-state index in [2.05, 4.69) is 15.2 Å². The third-order valence-corrected chi connectivity index (χ3v) is 7.76. The zero-order valence-electron chi connectivity index (χ0n) is 20.5. The van der Waals surface area contributed by atoms with E-state index in [9.17, 15) is 9.59 Å². The van der Waals surface area contributed by atoms with Gasteiger partial charge in [0, 0.05) is 31.7 Å². The Labute approximate surface area is 212 Å². The minimum absolute atomic E-state index is 0.0503. The largest absolute Gasteiger partial charge is 0.492 e. The summed E-state index contributed by atoms with van der Waals surface area (Å²) in [4.78, 5) is 39.2. The zero-order valence-corrected chi connectivity index (χ0v) is 20.5. The number of hydrogen-bond donors (Lipinski definition) is 1. The lowest BCUT2D eigenvalue weighted by atomic mass is 10.1. The third kappa shape index (κ3) is 3.85. The molecule has 37 heavy (non-hydrogen) atoms. The fraction of sp³-hybridized carbons (Fsp3) is 0.462.